The number of esters is 2. The molecule has 0 aliphatic heterocycles. The molecule has 4 aliphatic carbocycles. The Hall–Kier alpha value is -2.90. The van der Waals surface area contributed by atoms with Crippen LogP contribution in [-0.4, -0.2) is 63.0 Å². The Balaban J connectivity index is 1.48. The third kappa shape index (κ3) is 4.93. The lowest BCUT2D eigenvalue weighted by Gasteiger charge is -2.59. The van der Waals surface area contributed by atoms with Crippen molar-refractivity contribution in [1.29, 1.82) is 0 Å². The van der Waals surface area contributed by atoms with Crippen molar-refractivity contribution in [2.24, 2.45) is 22.7 Å². The van der Waals surface area contributed by atoms with E-state index in [2.05, 4.69) is 5.32 Å². The highest BCUT2D eigenvalue weighted by molar-refractivity contribution is 5.90. The fourth-order valence-corrected chi connectivity index (χ4v) is 6.99. The molecule has 1 aromatic carbocycles. The predicted molar refractivity (Wildman–Crippen MR) is 128 cm³/mol. The van der Waals surface area contributed by atoms with E-state index in [4.69, 9.17) is 9.47 Å². The molecule has 0 heterocycles. The smallest absolute Gasteiger partial charge is 0.328 e. The van der Waals surface area contributed by atoms with E-state index in [0.717, 1.165) is 43.2 Å². The van der Waals surface area contributed by atoms with Crippen LogP contribution >= 0.6 is 0 Å². The molecule has 2 amide bonds. The van der Waals surface area contributed by atoms with Gasteiger partial charge in [-0.3, -0.25) is 14.4 Å². The second-order valence-corrected chi connectivity index (χ2v) is 11.0. The number of amides is 2. The maximum Gasteiger partial charge on any atom is 0.328 e. The van der Waals surface area contributed by atoms with Gasteiger partial charge in [0.25, 0.3) is 0 Å². The van der Waals surface area contributed by atoms with Crippen molar-refractivity contribution in [2.75, 3.05) is 28.3 Å². The Morgan fingerprint density at radius 3 is 2.06 bits per heavy atom. The fraction of sp³-hybridized carbons (Fsp3) is 0.630. The molecule has 4 saturated carbocycles. The lowest BCUT2D eigenvalue weighted by molar-refractivity contribution is -0.182. The summed E-state index contributed by atoms with van der Waals surface area (Å²) in [5.74, 6) is -0.204. The van der Waals surface area contributed by atoms with Gasteiger partial charge in [-0.1, -0.05) is 24.3 Å². The maximum absolute atomic E-state index is 13.7. The van der Waals surface area contributed by atoms with E-state index < -0.39 is 22.8 Å². The number of carbonyl (C=O) groups is 4. The molecule has 35 heavy (non-hydrogen) atoms. The first-order valence-electron chi connectivity index (χ1n) is 12.3. The minimum Gasteiger partial charge on any atom is -0.469 e. The first kappa shape index (κ1) is 25.2. The molecule has 0 saturated heterocycles. The molecule has 2 unspecified atom stereocenters. The molecule has 4 fully saturated rings. The minimum atomic E-state index is -0.830. The summed E-state index contributed by atoms with van der Waals surface area (Å²) in [6.45, 7) is 0. The van der Waals surface area contributed by atoms with Crippen molar-refractivity contribution in [2.45, 2.75) is 57.4 Å². The van der Waals surface area contributed by atoms with Gasteiger partial charge in [0.2, 0.25) is 11.8 Å². The Kier molecular flexibility index (Phi) is 6.93. The van der Waals surface area contributed by atoms with E-state index in [-0.39, 0.29) is 24.2 Å². The van der Waals surface area contributed by atoms with Gasteiger partial charge in [-0.25, -0.2) is 4.79 Å². The molecule has 4 bridgehead atoms. The third-order valence-electron chi connectivity index (χ3n) is 8.27. The van der Waals surface area contributed by atoms with Crippen molar-refractivity contribution < 1.29 is 28.7 Å². The summed E-state index contributed by atoms with van der Waals surface area (Å²) in [4.78, 5) is 52.6. The average molecular weight is 485 g/mol. The Labute approximate surface area is 206 Å². The molecule has 8 nitrogen and oxygen atoms in total. The summed E-state index contributed by atoms with van der Waals surface area (Å²) in [6.07, 6.45) is 5.18. The van der Waals surface area contributed by atoms with Gasteiger partial charge in [0.05, 0.1) is 31.5 Å². The Bertz CT molecular complexity index is 987. The van der Waals surface area contributed by atoms with Crippen LogP contribution in [0.15, 0.2) is 24.3 Å². The van der Waals surface area contributed by atoms with Crippen LogP contribution in [0.4, 0.5) is 0 Å². The van der Waals surface area contributed by atoms with Crippen LogP contribution < -0.4 is 5.32 Å². The van der Waals surface area contributed by atoms with E-state index in [1.807, 2.05) is 24.3 Å². The van der Waals surface area contributed by atoms with Gasteiger partial charge in [0, 0.05) is 20.5 Å². The van der Waals surface area contributed by atoms with Gasteiger partial charge in [-0.15, -0.1) is 0 Å². The van der Waals surface area contributed by atoms with E-state index in [0.29, 0.717) is 24.7 Å². The van der Waals surface area contributed by atoms with Gasteiger partial charge in [0.1, 0.15) is 6.04 Å². The third-order valence-corrected chi connectivity index (χ3v) is 8.27. The molecule has 4 aliphatic rings. The van der Waals surface area contributed by atoms with E-state index in [9.17, 15) is 19.2 Å². The molecule has 8 heteroatoms. The number of methoxy groups -OCH3 is 2. The molecule has 0 aromatic heterocycles. The first-order chi connectivity index (χ1) is 16.6. The summed E-state index contributed by atoms with van der Waals surface area (Å²) in [6, 6.07) is 6.65. The lowest BCUT2D eigenvalue weighted by atomic mass is 9.44. The number of carbonyl (C=O) groups excluding carboxylic acids is 4. The van der Waals surface area contributed by atoms with Crippen molar-refractivity contribution in [1.82, 2.24) is 10.2 Å². The SMILES string of the molecule is COC(=O)[C@H](Cc1ccc(CC(=O)N(C)C)cc1)NC(=O)C12CC3CC(C1)CC(C(=O)OC)(C3)C2. The zero-order valence-electron chi connectivity index (χ0n) is 21.1. The molecule has 0 radical (unpaired) electrons. The average Bonchev–Trinajstić information content (AvgIpc) is 2.82. The second kappa shape index (κ2) is 9.63. The number of nitrogens with zero attached hydrogens (tertiary/aromatic N) is 1. The van der Waals surface area contributed by atoms with Crippen molar-refractivity contribution in [3.63, 3.8) is 0 Å². The van der Waals surface area contributed by atoms with E-state index in [1.54, 1.807) is 19.0 Å². The van der Waals surface area contributed by atoms with Crippen LogP contribution in [0.1, 0.15) is 49.7 Å². The quantitative estimate of drug-likeness (QED) is 0.568. The Morgan fingerprint density at radius 2 is 1.51 bits per heavy atom. The molecule has 0 spiro atoms. The van der Waals surface area contributed by atoms with Crippen molar-refractivity contribution in [3.05, 3.63) is 35.4 Å². The largest absolute Gasteiger partial charge is 0.469 e. The van der Waals surface area contributed by atoms with Crippen LogP contribution in [0, 0.1) is 22.7 Å². The number of hydrogen-bond acceptors (Lipinski definition) is 6. The van der Waals surface area contributed by atoms with Gasteiger partial charge >= 0.3 is 11.9 Å². The van der Waals surface area contributed by atoms with E-state index in [1.165, 1.54) is 14.2 Å². The van der Waals surface area contributed by atoms with Crippen molar-refractivity contribution in [3.8, 4) is 0 Å². The standard InChI is InChI=1S/C27H36N2O6/c1-29(2)22(30)11-18-7-5-17(6-8-18)10-21(23(31)34-3)28-24(32)26-12-19-9-20(13-26)15-27(14-19,16-26)25(33)35-4/h5-8,19-21H,9-16H2,1-4H3,(H,28,32)/t19?,20?,21-,26?,27?/m0/s1. The predicted octanol–water partition coefficient (Wildman–Crippen LogP) is 2.28. The molecule has 1 N–H and O–H groups in total. The highest BCUT2D eigenvalue weighted by Crippen LogP contribution is 2.65. The highest BCUT2D eigenvalue weighted by atomic mass is 16.5. The lowest BCUT2D eigenvalue weighted by Crippen LogP contribution is -2.61. The summed E-state index contributed by atoms with van der Waals surface area (Å²) in [5.41, 5.74) is 0.503. The highest BCUT2D eigenvalue weighted by Gasteiger charge is 2.63. The topological polar surface area (TPSA) is 102 Å². The summed E-state index contributed by atoms with van der Waals surface area (Å²) >= 11 is 0. The Morgan fingerprint density at radius 1 is 0.943 bits per heavy atom. The first-order valence-corrected chi connectivity index (χ1v) is 12.3. The maximum atomic E-state index is 13.7. The number of likely N-dealkylation sites (N-methyl/N-ethyl adjacent to an activating group) is 1. The molecule has 1 aromatic rings. The van der Waals surface area contributed by atoms with Crippen molar-refractivity contribution >= 4 is 23.8 Å². The number of hydrogen-bond donors (Lipinski definition) is 1. The zero-order valence-corrected chi connectivity index (χ0v) is 21.1. The summed E-state index contributed by atoms with van der Waals surface area (Å²) < 4.78 is 10.2. The molecular weight excluding hydrogens is 448 g/mol. The monoisotopic (exact) mass is 484 g/mol. The molecule has 3 atom stereocenters. The van der Waals surface area contributed by atoms with Crippen LogP contribution in [0.5, 0.6) is 0 Å². The van der Waals surface area contributed by atoms with Gasteiger partial charge in [-0.2, -0.15) is 0 Å². The van der Waals surface area contributed by atoms with E-state index >= 15 is 0 Å². The van der Waals surface area contributed by atoms with Crippen LogP contribution in [-0.2, 0) is 41.5 Å². The molecule has 190 valence electrons. The van der Waals surface area contributed by atoms with Gasteiger partial charge < -0.3 is 19.7 Å². The van der Waals surface area contributed by atoms with Crippen LogP contribution in [0.2, 0.25) is 0 Å². The number of nitrogens with one attached hydrogen (secondary N) is 1. The zero-order chi connectivity index (χ0) is 25.4. The normalized spacial score (nSPS) is 29.3. The minimum absolute atomic E-state index is 0.0118. The van der Waals surface area contributed by atoms with Gasteiger partial charge in [-0.05, 0) is 61.5 Å². The summed E-state index contributed by atoms with van der Waals surface area (Å²) in [7, 11) is 6.17. The number of benzene rings is 1. The number of ether oxygens (including phenoxy) is 2. The van der Waals surface area contributed by atoms with Gasteiger partial charge in [0.15, 0.2) is 0 Å². The second-order valence-electron chi connectivity index (χ2n) is 11.0. The number of rotatable bonds is 8. The van der Waals surface area contributed by atoms with Crippen LogP contribution in [0.3, 0.4) is 0 Å². The fourth-order valence-electron chi connectivity index (χ4n) is 6.99. The van der Waals surface area contributed by atoms with Crippen LogP contribution in [0.25, 0.3) is 0 Å². The molecular formula is C27H36N2O6. The molecule has 5 rings (SSSR count). The summed E-state index contributed by atoms with van der Waals surface area (Å²) in [5, 5.41) is 2.98.